The number of nitrogens with one attached hydrogen (secondary N) is 2. The van der Waals surface area contributed by atoms with E-state index < -0.39 is 5.91 Å². The van der Waals surface area contributed by atoms with Gasteiger partial charge < -0.3 is 15.1 Å². The van der Waals surface area contributed by atoms with Gasteiger partial charge >= 0.3 is 0 Å². The molecule has 0 spiro atoms. The number of aromatic nitrogens is 2. The fraction of sp³-hybridized carbons (Fsp3) is 0.0625. The first kappa shape index (κ1) is 16.3. The lowest BCUT2D eigenvalue weighted by Gasteiger charge is -2.08. The fourth-order valence-corrected chi connectivity index (χ4v) is 2.24. The minimum absolute atomic E-state index is 0.162. The van der Waals surface area contributed by atoms with Crippen molar-refractivity contribution < 1.29 is 9.21 Å². The number of amides is 1. The molecule has 0 saturated heterocycles. The Morgan fingerprint density at radius 3 is 2.75 bits per heavy atom. The zero-order valence-electron chi connectivity index (χ0n) is 12.3. The average Bonchev–Trinajstić information content (AvgIpc) is 3.10. The van der Waals surface area contributed by atoms with Crippen LogP contribution in [0.3, 0.4) is 0 Å². The van der Waals surface area contributed by atoms with Crippen molar-refractivity contribution in [2.45, 2.75) is 6.54 Å². The zero-order valence-corrected chi connectivity index (χ0v) is 13.8. The van der Waals surface area contributed by atoms with E-state index in [4.69, 9.17) is 27.6 Å². The van der Waals surface area contributed by atoms with E-state index >= 15 is 0 Å². The smallest absolute Gasteiger partial charge is 0.275 e. The molecule has 0 bridgehead atoms. The number of carbonyl (C=O) groups excluding carboxylic acids is 1. The Labute approximate surface area is 147 Å². The quantitative estimate of drug-likeness (QED) is 0.709. The van der Waals surface area contributed by atoms with Crippen LogP contribution in [-0.2, 0) is 6.54 Å². The van der Waals surface area contributed by atoms with Crippen LogP contribution in [0.15, 0.2) is 53.4 Å². The van der Waals surface area contributed by atoms with E-state index in [2.05, 4.69) is 20.6 Å². The molecule has 6 nitrogen and oxygen atoms in total. The molecule has 0 aliphatic heterocycles. The van der Waals surface area contributed by atoms with Crippen LogP contribution in [0.2, 0.25) is 10.0 Å². The summed E-state index contributed by atoms with van der Waals surface area (Å²) in [5.41, 5.74) is 0.575. The minimum Gasteiger partial charge on any atom is -0.467 e. The maximum Gasteiger partial charge on any atom is 0.275 e. The van der Waals surface area contributed by atoms with Crippen LogP contribution in [0.1, 0.15) is 16.2 Å². The van der Waals surface area contributed by atoms with Crippen molar-refractivity contribution in [3.8, 4) is 0 Å². The van der Waals surface area contributed by atoms with Crippen LogP contribution < -0.4 is 10.6 Å². The Morgan fingerprint density at radius 2 is 2.04 bits per heavy atom. The molecule has 0 aliphatic rings. The summed E-state index contributed by atoms with van der Waals surface area (Å²) in [5.74, 6) is 0.877. The molecule has 0 atom stereocenters. The largest absolute Gasteiger partial charge is 0.467 e. The lowest BCUT2D eigenvalue weighted by molar-refractivity contribution is 0.102. The molecule has 2 heterocycles. The summed E-state index contributed by atoms with van der Waals surface area (Å²) in [7, 11) is 0. The molecule has 0 unspecified atom stereocenters. The number of anilines is 2. The lowest BCUT2D eigenvalue weighted by Crippen LogP contribution is -2.14. The third kappa shape index (κ3) is 4.04. The van der Waals surface area contributed by atoms with Gasteiger partial charge in [-0.15, -0.1) is 0 Å². The average molecular weight is 363 g/mol. The molecule has 0 aliphatic carbocycles. The molecule has 3 aromatic rings. The molecule has 24 heavy (non-hydrogen) atoms. The second-order valence-electron chi connectivity index (χ2n) is 4.80. The standard InChI is InChI=1S/C16H12Cl2N4O2/c17-10-3-4-12(18)13(6-10)22-16(23)14-8-21-15(9-19-14)20-7-11-2-1-5-24-11/h1-6,8-9H,7H2,(H,20,21)(H,22,23). The van der Waals surface area contributed by atoms with Gasteiger partial charge in [-0.05, 0) is 30.3 Å². The maximum absolute atomic E-state index is 12.2. The lowest BCUT2D eigenvalue weighted by atomic mass is 10.3. The van der Waals surface area contributed by atoms with E-state index in [9.17, 15) is 4.79 Å². The highest BCUT2D eigenvalue weighted by molar-refractivity contribution is 6.35. The normalized spacial score (nSPS) is 10.4. The molecule has 0 fully saturated rings. The minimum atomic E-state index is -0.427. The van der Waals surface area contributed by atoms with Crippen LogP contribution in [0.5, 0.6) is 0 Å². The van der Waals surface area contributed by atoms with Gasteiger partial charge in [0.1, 0.15) is 17.3 Å². The van der Waals surface area contributed by atoms with E-state index in [1.54, 1.807) is 30.5 Å². The Bertz CT molecular complexity index is 836. The first-order valence-corrected chi connectivity index (χ1v) is 7.72. The van der Waals surface area contributed by atoms with Crippen molar-refractivity contribution in [2.24, 2.45) is 0 Å². The van der Waals surface area contributed by atoms with Gasteiger partial charge in [-0.3, -0.25) is 4.79 Å². The molecule has 0 radical (unpaired) electrons. The number of benzene rings is 1. The molecule has 0 saturated carbocycles. The zero-order chi connectivity index (χ0) is 16.9. The van der Waals surface area contributed by atoms with Crippen LogP contribution in [0.4, 0.5) is 11.5 Å². The Morgan fingerprint density at radius 1 is 1.17 bits per heavy atom. The van der Waals surface area contributed by atoms with Crippen LogP contribution in [0.25, 0.3) is 0 Å². The van der Waals surface area contributed by atoms with Crippen LogP contribution in [0, 0.1) is 0 Å². The fourth-order valence-electron chi connectivity index (χ4n) is 1.91. The Kier molecular flexibility index (Phi) is 4.98. The number of carbonyl (C=O) groups is 1. The van der Waals surface area contributed by atoms with E-state index in [1.807, 2.05) is 6.07 Å². The van der Waals surface area contributed by atoms with Crippen molar-refractivity contribution in [2.75, 3.05) is 10.6 Å². The highest BCUT2D eigenvalue weighted by Crippen LogP contribution is 2.25. The van der Waals surface area contributed by atoms with Gasteiger partial charge in [0, 0.05) is 5.02 Å². The molecule has 1 aromatic carbocycles. The van der Waals surface area contributed by atoms with Gasteiger partial charge in [0.2, 0.25) is 0 Å². The number of furan rings is 1. The summed E-state index contributed by atoms with van der Waals surface area (Å²) in [5, 5.41) is 6.55. The van der Waals surface area contributed by atoms with E-state index in [0.717, 1.165) is 5.76 Å². The second-order valence-corrected chi connectivity index (χ2v) is 5.64. The molecule has 2 aromatic heterocycles. The summed E-state index contributed by atoms with van der Waals surface area (Å²) in [4.78, 5) is 20.4. The van der Waals surface area contributed by atoms with Crippen molar-refractivity contribution >= 4 is 40.6 Å². The third-order valence-electron chi connectivity index (χ3n) is 3.08. The van der Waals surface area contributed by atoms with Crippen LogP contribution >= 0.6 is 23.2 Å². The SMILES string of the molecule is O=C(Nc1cc(Cl)ccc1Cl)c1cnc(NCc2ccco2)cn1. The molecule has 3 rings (SSSR count). The van der Waals surface area contributed by atoms with Crippen molar-refractivity contribution in [3.05, 3.63) is 70.5 Å². The predicted octanol–water partition coefficient (Wildman–Crippen LogP) is 4.24. The van der Waals surface area contributed by atoms with E-state index in [-0.39, 0.29) is 5.69 Å². The van der Waals surface area contributed by atoms with Gasteiger partial charge in [-0.2, -0.15) is 0 Å². The molecule has 2 N–H and O–H groups in total. The molecular formula is C16H12Cl2N4O2. The number of nitrogens with zero attached hydrogens (tertiary/aromatic N) is 2. The van der Waals surface area contributed by atoms with Crippen molar-refractivity contribution in [3.63, 3.8) is 0 Å². The Hall–Kier alpha value is -2.57. The second kappa shape index (κ2) is 7.33. The summed E-state index contributed by atoms with van der Waals surface area (Å²) >= 11 is 11.9. The van der Waals surface area contributed by atoms with Gasteiger partial charge in [0.25, 0.3) is 5.91 Å². The van der Waals surface area contributed by atoms with Gasteiger partial charge in [-0.1, -0.05) is 23.2 Å². The van der Waals surface area contributed by atoms with Gasteiger partial charge in [0.15, 0.2) is 0 Å². The predicted molar refractivity (Wildman–Crippen MR) is 92.5 cm³/mol. The third-order valence-corrected chi connectivity index (χ3v) is 3.65. The van der Waals surface area contributed by atoms with Gasteiger partial charge in [-0.25, -0.2) is 9.97 Å². The number of hydrogen-bond acceptors (Lipinski definition) is 5. The highest BCUT2D eigenvalue weighted by atomic mass is 35.5. The van der Waals surface area contributed by atoms with Crippen molar-refractivity contribution in [1.82, 2.24) is 9.97 Å². The Balaban J connectivity index is 1.64. The maximum atomic E-state index is 12.2. The first-order valence-electron chi connectivity index (χ1n) is 6.96. The summed E-state index contributed by atoms with van der Waals surface area (Å²) < 4.78 is 5.21. The topological polar surface area (TPSA) is 80.0 Å². The van der Waals surface area contributed by atoms with E-state index in [0.29, 0.717) is 28.1 Å². The highest BCUT2D eigenvalue weighted by Gasteiger charge is 2.11. The number of hydrogen-bond donors (Lipinski definition) is 2. The summed E-state index contributed by atoms with van der Waals surface area (Å²) in [6.45, 7) is 0.478. The van der Waals surface area contributed by atoms with Crippen LogP contribution in [-0.4, -0.2) is 15.9 Å². The van der Waals surface area contributed by atoms with Gasteiger partial charge in [0.05, 0.1) is 35.9 Å². The summed E-state index contributed by atoms with van der Waals surface area (Å²) in [6.07, 6.45) is 4.44. The molecule has 8 heteroatoms. The monoisotopic (exact) mass is 362 g/mol. The van der Waals surface area contributed by atoms with E-state index in [1.165, 1.54) is 12.4 Å². The number of rotatable bonds is 5. The first-order chi connectivity index (χ1) is 11.6. The molecular weight excluding hydrogens is 351 g/mol. The molecule has 1 amide bonds. The number of halogens is 2. The van der Waals surface area contributed by atoms with Crippen molar-refractivity contribution in [1.29, 1.82) is 0 Å². The molecule has 122 valence electrons. The summed E-state index contributed by atoms with van der Waals surface area (Å²) in [6, 6.07) is 8.45.